The molecule has 7 heteroatoms. The topological polar surface area (TPSA) is 84.2 Å². The number of nitrogens with zero attached hydrogens (tertiary/aromatic N) is 1. The number of carbonyl (C=O) groups is 2. The van der Waals surface area contributed by atoms with Crippen molar-refractivity contribution in [2.24, 2.45) is 0 Å². The highest BCUT2D eigenvalue weighted by molar-refractivity contribution is 7.09. The van der Waals surface area contributed by atoms with Crippen LogP contribution in [0.15, 0.2) is 46.4 Å². The van der Waals surface area contributed by atoms with Crippen molar-refractivity contribution in [3.63, 3.8) is 0 Å². The van der Waals surface area contributed by atoms with Gasteiger partial charge in [0, 0.05) is 29.6 Å². The van der Waals surface area contributed by atoms with Gasteiger partial charge in [-0.2, -0.15) is 0 Å². The number of benzene rings is 1. The standard InChI is InChI=1S/C18H15N3O3S/c22-16-9-12-8-11(3-4-13(12)20-16)14-10-25-17(21-14)5-6-19-18(23)15-2-1-7-24-15/h1-4,7-8,10H,5-6,9H2,(H,19,23)(H,20,22). The Bertz CT molecular complexity index is 931. The number of thiazole rings is 1. The summed E-state index contributed by atoms with van der Waals surface area (Å²) in [6.45, 7) is 0.495. The Morgan fingerprint density at radius 2 is 2.28 bits per heavy atom. The number of fused-ring (bicyclic) bond motifs is 1. The molecule has 0 saturated carbocycles. The Balaban J connectivity index is 1.38. The molecule has 25 heavy (non-hydrogen) atoms. The fourth-order valence-electron chi connectivity index (χ4n) is 2.72. The number of hydrogen-bond donors (Lipinski definition) is 2. The van der Waals surface area contributed by atoms with E-state index in [1.807, 2.05) is 23.6 Å². The molecule has 1 aliphatic heterocycles. The van der Waals surface area contributed by atoms with E-state index in [0.29, 0.717) is 25.1 Å². The second-order valence-corrected chi connectivity index (χ2v) is 6.65. The highest BCUT2D eigenvalue weighted by atomic mass is 32.1. The summed E-state index contributed by atoms with van der Waals surface area (Å²) in [6.07, 6.45) is 2.54. The zero-order chi connectivity index (χ0) is 17.2. The summed E-state index contributed by atoms with van der Waals surface area (Å²) in [5.74, 6) is 0.108. The van der Waals surface area contributed by atoms with E-state index in [1.54, 1.807) is 23.5 Å². The molecule has 0 saturated heterocycles. The normalized spacial score (nSPS) is 12.7. The van der Waals surface area contributed by atoms with Crippen molar-refractivity contribution >= 4 is 28.8 Å². The van der Waals surface area contributed by atoms with Crippen molar-refractivity contribution in [3.05, 3.63) is 58.3 Å². The first-order valence-electron chi connectivity index (χ1n) is 7.88. The predicted molar refractivity (Wildman–Crippen MR) is 94.6 cm³/mol. The SMILES string of the molecule is O=C1Cc2cc(-c3csc(CCNC(=O)c4ccco4)n3)ccc2N1. The Hall–Kier alpha value is -2.93. The van der Waals surface area contributed by atoms with E-state index in [0.717, 1.165) is 27.5 Å². The first kappa shape index (κ1) is 15.6. The molecule has 2 amide bonds. The van der Waals surface area contributed by atoms with Crippen molar-refractivity contribution < 1.29 is 14.0 Å². The summed E-state index contributed by atoms with van der Waals surface area (Å²) < 4.78 is 5.05. The second kappa shape index (κ2) is 6.52. The van der Waals surface area contributed by atoms with Gasteiger partial charge in [0.05, 0.1) is 23.4 Å². The van der Waals surface area contributed by atoms with Gasteiger partial charge in [-0.15, -0.1) is 11.3 Å². The predicted octanol–water partition coefficient (Wildman–Crippen LogP) is 2.87. The highest BCUT2D eigenvalue weighted by Gasteiger charge is 2.18. The van der Waals surface area contributed by atoms with Crippen LogP contribution in [0, 0.1) is 0 Å². The maximum Gasteiger partial charge on any atom is 0.286 e. The molecule has 6 nitrogen and oxygen atoms in total. The highest BCUT2D eigenvalue weighted by Crippen LogP contribution is 2.29. The summed E-state index contributed by atoms with van der Waals surface area (Å²) in [5, 5.41) is 8.58. The van der Waals surface area contributed by atoms with E-state index in [4.69, 9.17) is 4.42 Å². The molecule has 126 valence electrons. The first-order chi connectivity index (χ1) is 12.2. The summed E-state index contributed by atoms with van der Waals surface area (Å²) in [6, 6.07) is 9.19. The lowest BCUT2D eigenvalue weighted by atomic mass is 10.1. The number of amides is 2. The number of nitrogens with one attached hydrogen (secondary N) is 2. The third-order valence-corrected chi connectivity index (χ3v) is 4.86. The van der Waals surface area contributed by atoms with Crippen LogP contribution >= 0.6 is 11.3 Å². The van der Waals surface area contributed by atoms with E-state index in [9.17, 15) is 9.59 Å². The number of rotatable bonds is 5. The third kappa shape index (κ3) is 3.32. The maximum absolute atomic E-state index is 11.8. The number of hydrogen-bond acceptors (Lipinski definition) is 5. The number of anilines is 1. The molecule has 1 aliphatic rings. The van der Waals surface area contributed by atoms with Gasteiger partial charge in [-0.1, -0.05) is 6.07 Å². The molecule has 0 fully saturated rings. The van der Waals surface area contributed by atoms with Crippen LogP contribution in [0.1, 0.15) is 21.1 Å². The van der Waals surface area contributed by atoms with Crippen LogP contribution in [0.4, 0.5) is 5.69 Å². The molecule has 2 aromatic heterocycles. The average molecular weight is 353 g/mol. The molecule has 0 atom stereocenters. The summed E-state index contributed by atoms with van der Waals surface area (Å²) >= 11 is 1.56. The largest absolute Gasteiger partial charge is 0.459 e. The summed E-state index contributed by atoms with van der Waals surface area (Å²) in [7, 11) is 0. The zero-order valence-electron chi connectivity index (χ0n) is 13.2. The minimum Gasteiger partial charge on any atom is -0.459 e. The molecule has 3 heterocycles. The molecule has 3 aromatic rings. The minimum absolute atomic E-state index is 0.0263. The van der Waals surface area contributed by atoms with Crippen LogP contribution in [0.25, 0.3) is 11.3 Å². The van der Waals surface area contributed by atoms with Crippen LogP contribution in [-0.2, 0) is 17.6 Å². The van der Waals surface area contributed by atoms with Gasteiger partial charge < -0.3 is 15.1 Å². The van der Waals surface area contributed by atoms with Crippen LogP contribution in [0.3, 0.4) is 0 Å². The lowest BCUT2D eigenvalue weighted by Gasteiger charge is -2.02. The fraction of sp³-hybridized carbons (Fsp3) is 0.167. The van der Waals surface area contributed by atoms with E-state index in [1.165, 1.54) is 6.26 Å². The third-order valence-electron chi connectivity index (χ3n) is 3.95. The lowest BCUT2D eigenvalue weighted by molar-refractivity contribution is -0.115. The number of carbonyl (C=O) groups excluding carboxylic acids is 2. The van der Waals surface area contributed by atoms with Crippen LogP contribution in [-0.4, -0.2) is 23.3 Å². The van der Waals surface area contributed by atoms with Gasteiger partial charge in [-0.25, -0.2) is 4.98 Å². The van der Waals surface area contributed by atoms with Crippen LogP contribution in [0.2, 0.25) is 0 Å². The monoisotopic (exact) mass is 353 g/mol. The van der Waals surface area contributed by atoms with Crippen molar-refractivity contribution in [3.8, 4) is 11.3 Å². The van der Waals surface area contributed by atoms with Gasteiger partial charge in [0.25, 0.3) is 5.91 Å². The van der Waals surface area contributed by atoms with Crippen LogP contribution in [0.5, 0.6) is 0 Å². The van der Waals surface area contributed by atoms with Gasteiger partial charge in [0.1, 0.15) is 0 Å². The quantitative estimate of drug-likeness (QED) is 0.739. The molecule has 4 rings (SSSR count). The molecule has 1 aromatic carbocycles. The molecular weight excluding hydrogens is 338 g/mol. The second-order valence-electron chi connectivity index (χ2n) is 5.71. The molecular formula is C18H15N3O3S. The minimum atomic E-state index is -0.224. The van der Waals surface area contributed by atoms with Crippen molar-refractivity contribution in [1.29, 1.82) is 0 Å². The Morgan fingerprint density at radius 1 is 1.36 bits per heavy atom. The smallest absolute Gasteiger partial charge is 0.286 e. The molecule has 0 aliphatic carbocycles. The van der Waals surface area contributed by atoms with Crippen molar-refractivity contribution in [2.45, 2.75) is 12.8 Å². The van der Waals surface area contributed by atoms with E-state index >= 15 is 0 Å². The van der Waals surface area contributed by atoms with Crippen molar-refractivity contribution in [2.75, 3.05) is 11.9 Å². The zero-order valence-corrected chi connectivity index (χ0v) is 14.1. The van der Waals surface area contributed by atoms with E-state index in [2.05, 4.69) is 15.6 Å². The summed E-state index contributed by atoms with van der Waals surface area (Å²) in [4.78, 5) is 27.9. The van der Waals surface area contributed by atoms with Gasteiger partial charge >= 0.3 is 0 Å². The number of aromatic nitrogens is 1. The van der Waals surface area contributed by atoms with Gasteiger partial charge in [0.15, 0.2) is 5.76 Å². The van der Waals surface area contributed by atoms with Crippen LogP contribution < -0.4 is 10.6 Å². The van der Waals surface area contributed by atoms with Gasteiger partial charge in [-0.05, 0) is 29.8 Å². The molecule has 0 unspecified atom stereocenters. The Kier molecular flexibility index (Phi) is 4.07. The van der Waals surface area contributed by atoms with E-state index < -0.39 is 0 Å². The van der Waals surface area contributed by atoms with Gasteiger partial charge in [-0.3, -0.25) is 9.59 Å². The fourth-order valence-corrected chi connectivity index (χ4v) is 3.53. The lowest BCUT2D eigenvalue weighted by Crippen LogP contribution is -2.25. The molecule has 0 bridgehead atoms. The van der Waals surface area contributed by atoms with E-state index in [-0.39, 0.29) is 11.8 Å². The molecule has 0 spiro atoms. The Labute approximate surface area is 147 Å². The molecule has 0 radical (unpaired) electrons. The first-order valence-corrected chi connectivity index (χ1v) is 8.76. The van der Waals surface area contributed by atoms with Gasteiger partial charge in [0.2, 0.25) is 5.91 Å². The van der Waals surface area contributed by atoms with Crippen molar-refractivity contribution in [1.82, 2.24) is 10.3 Å². The average Bonchev–Trinajstić information content (AvgIpc) is 3.34. The Morgan fingerprint density at radius 3 is 3.12 bits per heavy atom. The molecule has 2 N–H and O–H groups in total. The summed E-state index contributed by atoms with van der Waals surface area (Å²) in [5.41, 5.74) is 3.77. The number of furan rings is 1. The maximum atomic E-state index is 11.8.